The van der Waals surface area contributed by atoms with Crippen LogP contribution in [0.2, 0.25) is 0 Å². The van der Waals surface area contributed by atoms with Gasteiger partial charge in [0, 0.05) is 60.5 Å². The van der Waals surface area contributed by atoms with Crippen molar-refractivity contribution in [2.45, 2.75) is 0 Å². The van der Waals surface area contributed by atoms with Crippen LogP contribution in [0.5, 0.6) is 0 Å². The lowest BCUT2D eigenvalue weighted by atomic mass is 9.97. The second-order valence-electron chi connectivity index (χ2n) is 16.4. The summed E-state index contributed by atoms with van der Waals surface area (Å²) in [6.07, 6.45) is 0. The Balaban J connectivity index is 1.04. The number of nitrogens with zero attached hydrogens (tertiary/aromatic N) is 4. The molecule has 0 fully saturated rings. The summed E-state index contributed by atoms with van der Waals surface area (Å²) in [7, 11) is 0. The van der Waals surface area contributed by atoms with E-state index in [2.05, 4.69) is 244 Å². The number of rotatable bonds is 6. The van der Waals surface area contributed by atoms with Crippen LogP contribution in [-0.4, -0.2) is 18.7 Å². The molecular formula is C59H38N4. The molecule has 4 heterocycles. The summed E-state index contributed by atoms with van der Waals surface area (Å²) in [4.78, 5) is 5.54. The summed E-state index contributed by atoms with van der Waals surface area (Å²) in [6, 6.07) is 83.3. The number of pyridine rings is 1. The van der Waals surface area contributed by atoms with E-state index in [4.69, 9.17) is 4.98 Å². The highest BCUT2D eigenvalue weighted by atomic mass is 15.0. The van der Waals surface area contributed by atoms with E-state index in [1.54, 1.807) is 0 Å². The Morgan fingerprint density at radius 1 is 0.222 bits per heavy atom. The maximum atomic E-state index is 5.54. The van der Waals surface area contributed by atoms with Crippen molar-refractivity contribution in [1.82, 2.24) is 18.7 Å². The van der Waals surface area contributed by atoms with E-state index < -0.39 is 0 Å². The number of benzene rings is 9. The molecule has 9 aromatic carbocycles. The van der Waals surface area contributed by atoms with Gasteiger partial charge in [0.15, 0.2) is 0 Å². The molecule has 0 amide bonds. The van der Waals surface area contributed by atoms with E-state index in [-0.39, 0.29) is 0 Å². The van der Waals surface area contributed by atoms with Gasteiger partial charge in [-0.05, 0) is 114 Å². The quantitative estimate of drug-likeness (QED) is 0.165. The molecule has 0 aliphatic heterocycles. The summed E-state index contributed by atoms with van der Waals surface area (Å²) in [5.74, 6) is 0. The van der Waals surface area contributed by atoms with Crippen molar-refractivity contribution in [3.8, 4) is 50.7 Å². The van der Waals surface area contributed by atoms with Crippen molar-refractivity contribution in [1.29, 1.82) is 0 Å². The molecular weight excluding hydrogens is 765 g/mol. The van der Waals surface area contributed by atoms with E-state index in [1.165, 1.54) is 65.4 Å². The van der Waals surface area contributed by atoms with Gasteiger partial charge in [-0.15, -0.1) is 0 Å². The first kappa shape index (κ1) is 35.3. The largest absolute Gasteiger partial charge is 0.309 e. The molecule has 0 aliphatic rings. The zero-order chi connectivity index (χ0) is 41.4. The van der Waals surface area contributed by atoms with Crippen LogP contribution >= 0.6 is 0 Å². The zero-order valence-corrected chi connectivity index (χ0v) is 34.2. The molecule has 294 valence electrons. The van der Waals surface area contributed by atoms with Crippen LogP contribution in [0.15, 0.2) is 231 Å². The Morgan fingerprint density at radius 3 is 0.905 bits per heavy atom. The van der Waals surface area contributed by atoms with Crippen LogP contribution in [0, 0.1) is 0 Å². The summed E-state index contributed by atoms with van der Waals surface area (Å²) >= 11 is 0. The van der Waals surface area contributed by atoms with Gasteiger partial charge >= 0.3 is 0 Å². The minimum absolute atomic E-state index is 0.930. The highest BCUT2D eigenvalue weighted by Crippen LogP contribution is 2.40. The summed E-state index contributed by atoms with van der Waals surface area (Å²) in [5, 5.41) is 7.28. The number of para-hydroxylation sites is 6. The average Bonchev–Trinajstić information content (AvgIpc) is 3.99. The van der Waals surface area contributed by atoms with Gasteiger partial charge in [0.05, 0.1) is 44.5 Å². The zero-order valence-electron chi connectivity index (χ0n) is 34.2. The molecule has 0 saturated carbocycles. The fraction of sp³-hybridized carbons (Fsp3) is 0. The van der Waals surface area contributed by atoms with Crippen molar-refractivity contribution in [3.63, 3.8) is 0 Å². The Bertz CT molecular complexity index is 3470. The Kier molecular flexibility index (Phi) is 7.87. The Hall–Kier alpha value is -8.47. The van der Waals surface area contributed by atoms with E-state index in [1.807, 2.05) is 0 Å². The maximum absolute atomic E-state index is 5.54. The smallest absolute Gasteiger partial charge is 0.0715 e. The highest BCUT2D eigenvalue weighted by molar-refractivity contribution is 6.13. The van der Waals surface area contributed by atoms with E-state index in [0.717, 1.165) is 50.7 Å². The third-order valence-electron chi connectivity index (χ3n) is 12.8. The monoisotopic (exact) mass is 802 g/mol. The maximum Gasteiger partial charge on any atom is 0.0715 e. The van der Waals surface area contributed by atoms with E-state index in [9.17, 15) is 0 Å². The summed E-state index contributed by atoms with van der Waals surface area (Å²) in [5.41, 5.74) is 16.8. The van der Waals surface area contributed by atoms with Gasteiger partial charge in [0.2, 0.25) is 0 Å². The molecule has 0 saturated heterocycles. The standard InChI is InChI=1S/C59H38N4/c1-4-16-43(17-5-1)61-54-25-13-10-22-46(54)49-34-39(28-31-57(49)61)42-37-52(40-29-32-58-50(35-40)47-23-11-14-26-55(47)62(58)44-18-6-2-7-19-44)60-53(38-42)41-30-33-59-51(36-41)48-24-12-15-27-56(48)63(59)45-20-8-3-9-21-45/h1-38H. The first-order chi connectivity index (χ1) is 31.2. The molecule has 0 spiro atoms. The van der Waals surface area contributed by atoms with Gasteiger partial charge < -0.3 is 13.7 Å². The van der Waals surface area contributed by atoms with E-state index in [0.29, 0.717) is 0 Å². The van der Waals surface area contributed by atoms with E-state index >= 15 is 0 Å². The van der Waals surface area contributed by atoms with Crippen LogP contribution in [0.3, 0.4) is 0 Å². The van der Waals surface area contributed by atoms with Gasteiger partial charge in [-0.2, -0.15) is 0 Å². The predicted octanol–water partition coefficient (Wildman–Crippen LogP) is 15.4. The van der Waals surface area contributed by atoms with Gasteiger partial charge in [0.1, 0.15) is 0 Å². The topological polar surface area (TPSA) is 27.7 Å². The molecule has 4 aromatic heterocycles. The van der Waals surface area contributed by atoms with Crippen molar-refractivity contribution in [3.05, 3.63) is 231 Å². The predicted molar refractivity (Wildman–Crippen MR) is 264 cm³/mol. The second kappa shape index (κ2) is 14.1. The third kappa shape index (κ3) is 5.59. The highest BCUT2D eigenvalue weighted by Gasteiger charge is 2.19. The molecule has 0 aliphatic carbocycles. The minimum atomic E-state index is 0.930. The van der Waals surface area contributed by atoms with Crippen LogP contribution in [0.25, 0.3) is 116 Å². The van der Waals surface area contributed by atoms with Crippen molar-refractivity contribution in [2.75, 3.05) is 0 Å². The van der Waals surface area contributed by atoms with Crippen molar-refractivity contribution in [2.24, 2.45) is 0 Å². The second-order valence-corrected chi connectivity index (χ2v) is 16.4. The molecule has 0 atom stereocenters. The molecule has 0 bridgehead atoms. The molecule has 4 nitrogen and oxygen atoms in total. The lowest BCUT2D eigenvalue weighted by Gasteiger charge is -2.12. The SMILES string of the molecule is c1ccc(-n2c3ccccc3c3cc(-c4cc(-c5ccc6c(c5)c5ccccc5n6-c5ccccc5)nc(-c5ccc6c(c5)c5ccccc5n6-c5ccccc5)c4)ccc32)cc1. The average molecular weight is 803 g/mol. The minimum Gasteiger partial charge on any atom is -0.309 e. The number of hydrogen-bond donors (Lipinski definition) is 0. The lowest BCUT2D eigenvalue weighted by molar-refractivity contribution is 1.18. The van der Waals surface area contributed by atoms with Crippen molar-refractivity contribution >= 4 is 65.4 Å². The van der Waals surface area contributed by atoms with Gasteiger partial charge in [-0.25, -0.2) is 4.98 Å². The van der Waals surface area contributed by atoms with Crippen molar-refractivity contribution < 1.29 is 0 Å². The number of fused-ring (bicyclic) bond motifs is 9. The molecule has 0 radical (unpaired) electrons. The summed E-state index contributed by atoms with van der Waals surface area (Å²) < 4.78 is 7.11. The van der Waals surface area contributed by atoms with Crippen LogP contribution in [0.1, 0.15) is 0 Å². The molecule has 13 rings (SSSR count). The first-order valence-electron chi connectivity index (χ1n) is 21.5. The molecule has 63 heavy (non-hydrogen) atoms. The fourth-order valence-electron chi connectivity index (χ4n) is 9.98. The summed E-state index contributed by atoms with van der Waals surface area (Å²) in [6.45, 7) is 0. The van der Waals surface area contributed by atoms with Crippen LogP contribution in [-0.2, 0) is 0 Å². The number of aromatic nitrogens is 4. The van der Waals surface area contributed by atoms with Crippen LogP contribution in [0.4, 0.5) is 0 Å². The lowest BCUT2D eigenvalue weighted by Crippen LogP contribution is -1.94. The Morgan fingerprint density at radius 2 is 0.524 bits per heavy atom. The normalized spacial score (nSPS) is 11.8. The van der Waals surface area contributed by atoms with Crippen LogP contribution < -0.4 is 0 Å². The number of hydrogen-bond acceptors (Lipinski definition) is 1. The van der Waals surface area contributed by atoms with Gasteiger partial charge in [-0.1, -0.05) is 127 Å². The Labute approximate surface area is 363 Å². The van der Waals surface area contributed by atoms with Gasteiger partial charge in [0.25, 0.3) is 0 Å². The fourth-order valence-corrected chi connectivity index (χ4v) is 9.98. The molecule has 13 aromatic rings. The third-order valence-corrected chi connectivity index (χ3v) is 12.8. The molecule has 0 unspecified atom stereocenters. The molecule has 4 heteroatoms. The van der Waals surface area contributed by atoms with Gasteiger partial charge in [-0.3, -0.25) is 0 Å². The first-order valence-corrected chi connectivity index (χ1v) is 21.5. The molecule has 0 N–H and O–H groups in total.